The van der Waals surface area contributed by atoms with Gasteiger partial charge in [0.25, 0.3) is 0 Å². The number of hydrogen-bond donors (Lipinski definition) is 1. The fraction of sp³-hybridized carbons (Fsp3) is 0.846. The molecule has 0 aromatic carbocycles. The van der Waals surface area contributed by atoms with Crippen LogP contribution in [0.4, 0.5) is 0 Å². The van der Waals surface area contributed by atoms with E-state index < -0.39 is 47.5 Å². The highest BCUT2D eigenvalue weighted by molar-refractivity contribution is 6.22. The molecule has 0 aromatic heterocycles. The monoisotopic (exact) mass is 320 g/mol. The molecule has 118 valence electrons. The van der Waals surface area contributed by atoms with E-state index in [1.54, 1.807) is 0 Å². The summed E-state index contributed by atoms with van der Waals surface area (Å²) >= 11 is 6.31. The maximum Gasteiger partial charge on any atom is 0.304 e. The summed E-state index contributed by atoms with van der Waals surface area (Å²) < 4.78 is 21.3. The molecular formula is C13H17ClO7. The van der Waals surface area contributed by atoms with Crippen LogP contribution in [-0.2, 0) is 28.5 Å². The van der Waals surface area contributed by atoms with Crippen LogP contribution in [0, 0.1) is 11.8 Å². The van der Waals surface area contributed by atoms with E-state index in [2.05, 4.69) is 0 Å². The zero-order chi connectivity index (χ0) is 15.4. The second-order valence-electron chi connectivity index (χ2n) is 5.75. The Morgan fingerprint density at radius 1 is 1.29 bits per heavy atom. The van der Waals surface area contributed by atoms with E-state index in [1.807, 2.05) is 0 Å². The molecule has 8 heteroatoms. The molecule has 2 aliphatic heterocycles. The van der Waals surface area contributed by atoms with Gasteiger partial charge in [-0.1, -0.05) is 0 Å². The third kappa shape index (κ3) is 2.32. The van der Waals surface area contributed by atoms with Gasteiger partial charge in [0.15, 0.2) is 6.29 Å². The molecule has 1 N–H and O–H groups in total. The molecule has 7 atom stereocenters. The summed E-state index contributed by atoms with van der Waals surface area (Å²) in [5, 5.41) is 9.93. The van der Waals surface area contributed by atoms with Crippen LogP contribution < -0.4 is 0 Å². The van der Waals surface area contributed by atoms with E-state index >= 15 is 0 Å². The van der Waals surface area contributed by atoms with Crippen LogP contribution in [0.1, 0.15) is 20.3 Å². The molecule has 1 aliphatic carbocycles. The minimum absolute atomic E-state index is 0.00242. The second kappa shape index (κ2) is 5.08. The van der Waals surface area contributed by atoms with Crippen LogP contribution in [-0.4, -0.2) is 53.3 Å². The molecule has 0 unspecified atom stereocenters. The van der Waals surface area contributed by atoms with Gasteiger partial charge in [0.05, 0.1) is 6.61 Å². The molecular weight excluding hydrogens is 304 g/mol. The van der Waals surface area contributed by atoms with Gasteiger partial charge in [0.2, 0.25) is 6.29 Å². The Hall–Kier alpha value is -0.890. The largest absolute Gasteiger partial charge is 0.461 e. The molecule has 3 fully saturated rings. The minimum Gasteiger partial charge on any atom is -0.461 e. The third-order valence-electron chi connectivity index (χ3n) is 4.35. The van der Waals surface area contributed by atoms with Crippen molar-refractivity contribution in [3.05, 3.63) is 0 Å². The number of rotatable bonds is 2. The van der Waals surface area contributed by atoms with Gasteiger partial charge in [-0.05, 0) is 0 Å². The van der Waals surface area contributed by atoms with E-state index in [1.165, 1.54) is 13.8 Å². The van der Waals surface area contributed by atoms with Crippen LogP contribution in [0.5, 0.6) is 0 Å². The number of halogens is 1. The molecule has 3 rings (SSSR count). The van der Waals surface area contributed by atoms with Crippen molar-refractivity contribution in [1.82, 2.24) is 0 Å². The number of aliphatic hydroxyl groups is 1. The molecule has 1 saturated carbocycles. The maximum absolute atomic E-state index is 11.3. The highest BCUT2D eigenvalue weighted by Crippen LogP contribution is 2.55. The van der Waals surface area contributed by atoms with Crippen molar-refractivity contribution in [2.45, 2.75) is 49.9 Å². The SMILES string of the molecule is CC(=O)O[C@@H]1C[C@H]2[C@H](OC(C)=O)[C@@H](Cl)[C@@]3(O)CO[C@@H](O1)[C@@H]23. The topological polar surface area (TPSA) is 91.3 Å². The number of hydrogen-bond acceptors (Lipinski definition) is 7. The molecule has 0 amide bonds. The van der Waals surface area contributed by atoms with Crippen molar-refractivity contribution in [2.24, 2.45) is 11.8 Å². The lowest BCUT2D eigenvalue weighted by Gasteiger charge is -2.36. The lowest BCUT2D eigenvalue weighted by molar-refractivity contribution is -0.273. The summed E-state index contributed by atoms with van der Waals surface area (Å²) in [5.74, 6) is -1.64. The summed E-state index contributed by atoms with van der Waals surface area (Å²) in [6.07, 6.45) is -1.88. The van der Waals surface area contributed by atoms with Crippen molar-refractivity contribution in [3.63, 3.8) is 0 Å². The summed E-state index contributed by atoms with van der Waals surface area (Å²) in [5.41, 5.74) is -1.31. The Bertz CT molecular complexity index is 469. The van der Waals surface area contributed by atoms with Crippen molar-refractivity contribution in [3.8, 4) is 0 Å². The van der Waals surface area contributed by atoms with Gasteiger partial charge in [-0.3, -0.25) is 9.59 Å². The standard InChI is InChI=1S/C13H17ClO7/c1-5(15)19-8-3-7-9-12(21-8)18-4-13(9,17)11(14)10(7)20-6(2)16/h7-12,17H,3-4H2,1-2H3/t7-,8+,9-,10+,11-,12+,13-/m1/s1. The van der Waals surface area contributed by atoms with Gasteiger partial charge in [-0.2, -0.15) is 0 Å². The van der Waals surface area contributed by atoms with Gasteiger partial charge >= 0.3 is 11.9 Å². The highest BCUT2D eigenvalue weighted by Gasteiger charge is 2.69. The predicted octanol–water partition coefficient (Wildman–Crippen LogP) is 0.168. The third-order valence-corrected chi connectivity index (χ3v) is 4.97. The number of ether oxygens (including phenoxy) is 4. The van der Waals surface area contributed by atoms with Crippen LogP contribution in [0.2, 0.25) is 0 Å². The molecule has 3 aliphatic rings. The number of carbonyl (C=O) groups excluding carboxylic acids is 2. The Morgan fingerprint density at radius 2 is 1.95 bits per heavy atom. The molecule has 7 nitrogen and oxygen atoms in total. The lowest BCUT2D eigenvalue weighted by atomic mass is 9.84. The number of esters is 2. The predicted molar refractivity (Wildman–Crippen MR) is 68.1 cm³/mol. The summed E-state index contributed by atoms with van der Waals surface area (Å²) in [6.45, 7) is 2.57. The molecule has 2 heterocycles. The average Bonchev–Trinajstić information content (AvgIpc) is 2.81. The summed E-state index contributed by atoms with van der Waals surface area (Å²) in [6, 6.07) is 0. The van der Waals surface area contributed by atoms with Crippen LogP contribution in [0.25, 0.3) is 0 Å². The number of carbonyl (C=O) groups is 2. The van der Waals surface area contributed by atoms with E-state index in [0.717, 1.165) is 0 Å². The van der Waals surface area contributed by atoms with Gasteiger partial charge < -0.3 is 24.1 Å². The lowest BCUT2D eigenvalue weighted by Crippen LogP contribution is -2.46. The van der Waals surface area contributed by atoms with Gasteiger partial charge in [-0.15, -0.1) is 11.6 Å². The summed E-state index contributed by atoms with van der Waals surface area (Å²) in [7, 11) is 0. The molecule has 0 bridgehead atoms. The van der Waals surface area contributed by atoms with E-state index in [4.69, 9.17) is 30.5 Å². The number of alkyl halides is 1. The Balaban J connectivity index is 1.86. The maximum atomic E-state index is 11.3. The van der Waals surface area contributed by atoms with Gasteiger partial charge in [0.1, 0.15) is 17.1 Å². The first-order valence-corrected chi connectivity index (χ1v) is 7.24. The van der Waals surface area contributed by atoms with Gasteiger partial charge in [0, 0.05) is 32.1 Å². The van der Waals surface area contributed by atoms with Crippen LogP contribution >= 0.6 is 11.6 Å². The zero-order valence-electron chi connectivity index (χ0n) is 11.7. The Kier molecular flexibility index (Phi) is 3.64. The first-order valence-electron chi connectivity index (χ1n) is 6.81. The van der Waals surface area contributed by atoms with E-state index in [9.17, 15) is 14.7 Å². The summed E-state index contributed by atoms with van der Waals surface area (Å²) in [4.78, 5) is 22.4. The van der Waals surface area contributed by atoms with Crippen molar-refractivity contribution in [1.29, 1.82) is 0 Å². The highest BCUT2D eigenvalue weighted by atomic mass is 35.5. The molecule has 0 radical (unpaired) electrons. The quantitative estimate of drug-likeness (QED) is 0.572. The second-order valence-corrected chi connectivity index (χ2v) is 6.22. The first-order chi connectivity index (χ1) is 9.83. The molecule has 2 saturated heterocycles. The van der Waals surface area contributed by atoms with E-state index in [0.29, 0.717) is 6.42 Å². The Morgan fingerprint density at radius 3 is 2.57 bits per heavy atom. The smallest absolute Gasteiger partial charge is 0.304 e. The fourth-order valence-corrected chi connectivity index (χ4v) is 4.07. The fourth-order valence-electron chi connectivity index (χ4n) is 3.62. The Labute approximate surface area is 126 Å². The van der Waals surface area contributed by atoms with Crippen molar-refractivity contribution >= 4 is 23.5 Å². The van der Waals surface area contributed by atoms with Crippen LogP contribution in [0.15, 0.2) is 0 Å². The minimum atomic E-state index is -1.31. The molecule has 21 heavy (non-hydrogen) atoms. The first kappa shape index (κ1) is 15.0. The zero-order valence-corrected chi connectivity index (χ0v) is 12.4. The van der Waals surface area contributed by atoms with Crippen molar-refractivity contribution in [2.75, 3.05) is 6.61 Å². The molecule has 0 spiro atoms. The van der Waals surface area contributed by atoms with Crippen LogP contribution in [0.3, 0.4) is 0 Å². The normalized spacial score (nSPS) is 47.8. The average molecular weight is 321 g/mol. The van der Waals surface area contributed by atoms with E-state index in [-0.39, 0.29) is 12.5 Å². The van der Waals surface area contributed by atoms with Gasteiger partial charge in [-0.25, -0.2) is 0 Å². The molecule has 0 aromatic rings. The van der Waals surface area contributed by atoms with Crippen molar-refractivity contribution < 1.29 is 33.6 Å².